The van der Waals surface area contributed by atoms with Crippen molar-refractivity contribution in [3.8, 4) is 0 Å². The lowest BCUT2D eigenvalue weighted by Crippen LogP contribution is -2.50. The van der Waals surface area contributed by atoms with E-state index in [9.17, 15) is 9.59 Å². The predicted octanol–water partition coefficient (Wildman–Crippen LogP) is 1.99. The van der Waals surface area contributed by atoms with E-state index >= 15 is 0 Å². The van der Waals surface area contributed by atoms with Crippen LogP contribution in [0, 0.1) is 11.3 Å². The molecule has 1 aliphatic heterocycles. The van der Waals surface area contributed by atoms with Crippen LogP contribution in [0.15, 0.2) is 12.2 Å². The lowest BCUT2D eigenvalue weighted by molar-refractivity contribution is -0.132. The highest BCUT2D eigenvalue weighted by Gasteiger charge is 2.56. The molecule has 1 aliphatic rings. The molecule has 23 heavy (non-hydrogen) atoms. The fourth-order valence-electron chi connectivity index (χ4n) is 2.91. The monoisotopic (exact) mass is 323 g/mol. The minimum Gasteiger partial charge on any atom is -0.356 e. The van der Waals surface area contributed by atoms with Gasteiger partial charge < -0.3 is 16.0 Å². The number of amides is 2. The fourth-order valence-corrected chi connectivity index (χ4v) is 2.91. The van der Waals surface area contributed by atoms with Gasteiger partial charge in [-0.15, -0.1) is 0 Å². The van der Waals surface area contributed by atoms with Gasteiger partial charge in [0.15, 0.2) is 0 Å². The van der Waals surface area contributed by atoms with E-state index in [-0.39, 0.29) is 22.8 Å². The van der Waals surface area contributed by atoms with Gasteiger partial charge >= 0.3 is 0 Å². The van der Waals surface area contributed by atoms with Crippen molar-refractivity contribution in [2.45, 2.75) is 59.4 Å². The molecule has 2 atom stereocenters. The van der Waals surface area contributed by atoms with Crippen LogP contribution in [0.1, 0.15) is 53.9 Å². The molecule has 0 bridgehead atoms. The van der Waals surface area contributed by atoms with Crippen LogP contribution < -0.4 is 16.0 Å². The van der Waals surface area contributed by atoms with Crippen LogP contribution in [0.5, 0.6) is 0 Å². The summed E-state index contributed by atoms with van der Waals surface area (Å²) in [7, 11) is 0. The van der Waals surface area contributed by atoms with Crippen molar-refractivity contribution in [1.82, 2.24) is 16.0 Å². The highest BCUT2D eigenvalue weighted by atomic mass is 16.2. The van der Waals surface area contributed by atoms with Gasteiger partial charge in [-0.05, 0) is 46.0 Å². The van der Waals surface area contributed by atoms with E-state index in [0.29, 0.717) is 24.6 Å². The first kappa shape index (κ1) is 19.7. The maximum absolute atomic E-state index is 12.7. The maximum Gasteiger partial charge on any atom is 0.246 e. The number of hydrogen-bond donors (Lipinski definition) is 3. The molecule has 1 rings (SSSR count). The van der Waals surface area contributed by atoms with Crippen LogP contribution in [0.4, 0.5) is 0 Å². The molecule has 0 aromatic carbocycles. The van der Waals surface area contributed by atoms with Crippen LogP contribution in [0.2, 0.25) is 0 Å². The second-order valence-electron chi connectivity index (χ2n) is 7.61. The molecule has 2 amide bonds. The Balaban J connectivity index is 2.34. The molecular weight excluding hydrogens is 290 g/mol. The van der Waals surface area contributed by atoms with Gasteiger partial charge in [-0.3, -0.25) is 9.59 Å². The summed E-state index contributed by atoms with van der Waals surface area (Å²) in [6, 6.07) is 0. The molecule has 0 aromatic heterocycles. The standard InChI is InChI=1S/C18H33N3O2/c1-13(2)11-17(5,18(6)12-21-18)16(23)20-10-8-7-9-19-15(22)14(3)4/h13,21H,3,7-12H2,1-2,4-6H3,(H,19,22)(H,20,23). The summed E-state index contributed by atoms with van der Waals surface area (Å²) in [5, 5.41) is 9.23. The second kappa shape index (κ2) is 7.95. The molecule has 1 saturated heterocycles. The summed E-state index contributed by atoms with van der Waals surface area (Å²) in [6.07, 6.45) is 2.57. The summed E-state index contributed by atoms with van der Waals surface area (Å²) >= 11 is 0. The molecule has 1 fully saturated rings. The Morgan fingerprint density at radius 2 is 1.78 bits per heavy atom. The highest BCUT2D eigenvalue weighted by molar-refractivity contribution is 5.92. The molecule has 0 saturated carbocycles. The Bertz CT molecular complexity index is 455. The highest BCUT2D eigenvalue weighted by Crippen LogP contribution is 2.43. The first-order valence-electron chi connectivity index (χ1n) is 8.59. The molecule has 2 unspecified atom stereocenters. The smallest absolute Gasteiger partial charge is 0.246 e. The molecule has 132 valence electrons. The zero-order valence-corrected chi connectivity index (χ0v) is 15.3. The van der Waals surface area contributed by atoms with Crippen LogP contribution in [0.25, 0.3) is 0 Å². The summed E-state index contributed by atoms with van der Waals surface area (Å²) in [6.45, 7) is 15.9. The van der Waals surface area contributed by atoms with Crippen LogP contribution >= 0.6 is 0 Å². The zero-order chi connectivity index (χ0) is 17.7. The molecule has 5 nitrogen and oxygen atoms in total. The molecule has 1 heterocycles. The third-order valence-electron chi connectivity index (χ3n) is 4.80. The molecule has 0 aromatic rings. The molecule has 0 radical (unpaired) electrons. The lowest BCUT2D eigenvalue weighted by atomic mass is 9.71. The average Bonchev–Trinajstić information content (AvgIpc) is 3.20. The Morgan fingerprint density at radius 1 is 1.26 bits per heavy atom. The van der Waals surface area contributed by atoms with E-state index in [1.54, 1.807) is 6.92 Å². The molecule has 0 aliphatic carbocycles. The quantitative estimate of drug-likeness (QED) is 0.327. The third-order valence-corrected chi connectivity index (χ3v) is 4.80. The van der Waals surface area contributed by atoms with Crippen molar-refractivity contribution in [2.75, 3.05) is 19.6 Å². The van der Waals surface area contributed by atoms with Crippen molar-refractivity contribution < 1.29 is 9.59 Å². The van der Waals surface area contributed by atoms with Gasteiger partial charge in [0.05, 0.1) is 5.41 Å². The Kier molecular flexibility index (Phi) is 6.81. The summed E-state index contributed by atoms with van der Waals surface area (Å²) in [5.41, 5.74) is 0.0551. The van der Waals surface area contributed by atoms with E-state index in [1.807, 2.05) is 0 Å². The summed E-state index contributed by atoms with van der Waals surface area (Å²) in [4.78, 5) is 24.0. The first-order chi connectivity index (χ1) is 10.6. The van der Waals surface area contributed by atoms with Gasteiger partial charge in [0.25, 0.3) is 0 Å². The zero-order valence-electron chi connectivity index (χ0n) is 15.3. The fraction of sp³-hybridized carbons (Fsp3) is 0.778. The Labute approximate surface area is 140 Å². The Morgan fingerprint density at radius 3 is 2.22 bits per heavy atom. The predicted molar refractivity (Wildman–Crippen MR) is 94.0 cm³/mol. The summed E-state index contributed by atoms with van der Waals surface area (Å²) in [5.74, 6) is 0.498. The summed E-state index contributed by atoms with van der Waals surface area (Å²) < 4.78 is 0. The molecule has 0 spiro atoms. The van der Waals surface area contributed by atoms with Gasteiger partial charge in [0.2, 0.25) is 11.8 Å². The van der Waals surface area contributed by atoms with E-state index in [0.717, 1.165) is 25.8 Å². The largest absolute Gasteiger partial charge is 0.356 e. The number of hydrogen-bond acceptors (Lipinski definition) is 3. The first-order valence-corrected chi connectivity index (χ1v) is 8.59. The number of carbonyl (C=O) groups is 2. The van der Waals surface area contributed by atoms with E-state index in [1.165, 1.54) is 0 Å². The maximum atomic E-state index is 12.7. The minimum absolute atomic E-state index is 0.0865. The van der Waals surface area contributed by atoms with Crippen molar-refractivity contribution in [2.24, 2.45) is 11.3 Å². The number of unbranched alkanes of at least 4 members (excludes halogenated alkanes) is 1. The van der Waals surface area contributed by atoms with E-state index in [2.05, 4.69) is 50.2 Å². The van der Waals surface area contributed by atoms with Gasteiger partial charge in [-0.25, -0.2) is 0 Å². The molecule has 3 N–H and O–H groups in total. The second-order valence-corrected chi connectivity index (χ2v) is 7.61. The van der Waals surface area contributed by atoms with Crippen molar-refractivity contribution in [1.29, 1.82) is 0 Å². The van der Waals surface area contributed by atoms with E-state index in [4.69, 9.17) is 0 Å². The lowest BCUT2D eigenvalue weighted by Gasteiger charge is -2.35. The van der Waals surface area contributed by atoms with Crippen LogP contribution in [0.3, 0.4) is 0 Å². The minimum atomic E-state index is -0.380. The average molecular weight is 323 g/mol. The van der Waals surface area contributed by atoms with Crippen LogP contribution in [-0.4, -0.2) is 37.0 Å². The Hall–Kier alpha value is -1.36. The normalized spacial score (nSPS) is 22.3. The van der Waals surface area contributed by atoms with Crippen molar-refractivity contribution in [3.63, 3.8) is 0 Å². The number of rotatable bonds is 10. The SMILES string of the molecule is C=C(C)C(=O)NCCCCNC(=O)C(C)(CC(C)C)C1(C)CN1. The van der Waals surface area contributed by atoms with Gasteiger partial charge in [-0.1, -0.05) is 20.4 Å². The topological polar surface area (TPSA) is 80.1 Å². The third kappa shape index (κ3) is 5.34. The molecular formula is C18H33N3O2. The van der Waals surface area contributed by atoms with Gasteiger partial charge in [0.1, 0.15) is 0 Å². The molecule has 5 heteroatoms. The van der Waals surface area contributed by atoms with Crippen LogP contribution in [-0.2, 0) is 9.59 Å². The van der Waals surface area contributed by atoms with Gasteiger partial charge in [-0.2, -0.15) is 0 Å². The van der Waals surface area contributed by atoms with Gasteiger partial charge in [0, 0.05) is 30.7 Å². The van der Waals surface area contributed by atoms with Crippen molar-refractivity contribution >= 4 is 11.8 Å². The number of carbonyl (C=O) groups excluding carboxylic acids is 2. The van der Waals surface area contributed by atoms with Crippen molar-refractivity contribution in [3.05, 3.63) is 12.2 Å². The number of nitrogens with one attached hydrogen (secondary N) is 3. The van der Waals surface area contributed by atoms with E-state index < -0.39 is 0 Å².